The van der Waals surface area contributed by atoms with Crippen LogP contribution in [0.1, 0.15) is 41.1 Å². The minimum atomic E-state index is -0.0981. The van der Waals surface area contributed by atoms with Crippen molar-refractivity contribution >= 4 is 22.9 Å². The molecule has 0 atom stereocenters. The van der Waals surface area contributed by atoms with E-state index in [1.165, 1.54) is 18.3 Å². The second-order valence-electron chi connectivity index (χ2n) is 3.11. The maximum atomic E-state index is 11.4. The normalized spacial score (nSPS) is 10.5. The third kappa shape index (κ3) is 2.21. The number of hydrogen-bond donors (Lipinski definition) is 0. The summed E-state index contributed by atoms with van der Waals surface area (Å²) in [5, 5.41) is 2.05. The zero-order valence-corrected chi connectivity index (χ0v) is 8.64. The molecule has 0 spiro atoms. The standard InChI is InChI=1S/C9H11NO2S/c1-5(2)8(12)9-10-7(4-13-9)6(3)11/h4-5H,1-3H3. The third-order valence-corrected chi connectivity index (χ3v) is 2.46. The van der Waals surface area contributed by atoms with Crippen LogP contribution in [0.15, 0.2) is 5.38 Å². The number of rotatable bonds is 3. The van der Waals surface area contributed by atoms with Crippen molar-refractivity contribution in [1.82, 2.24) is 4.98 Å². The lowest BCUT2D eigenvalue weighted by molar-refractivity contribution is 0.0939. The molecule has 70 valence electrons. The van der Waals surface area contributed by atoms with Gasteiger partial charge in [0.25, 0.3) is 0 Å². The van der Waals surface area contributed by atoms with Crippen molar-refractivity contribution in [2.45, 2.75) is 20.8 Å². The molecule has 0 aliphatic rings. The maximum Gasteiger partial charge on any atom is 0.193 e. The van der Waals surface area contributed by atoms with Gasteiger partial charge in [0.15, 0.2) is 16.6 Å². The average Bonchev–Trinajstić information content (AvgIpc) is 2.50. The van der Waals surface area contributed by atoms with E-state index in [1.807, 2.05) is 13.8 Å². The summed E-state index contributed by atoms with van der Waals surface area (Å²) in [7, 11) is 0. The fraction of sp³-hybridized carbons (Fsp3) is 0.444. The largest absolute Gasteiger partial charge is 0.293 e. The van der Waals surface area contributed by atoms with Gasteiger partial charge >= 0.3 is 0 Å². The molecule has 4 heteroatoms. The fourth-order valence-corrected chi connectivity index (χ4v) is 1.74. The Hall–Kier alpha value is -1.03. The summed E-state index contributed by atoms with van der Waals surface area (Å²) >= 11 is 1.23. The van der Waals surface area contributed by atoms with Gasteiger partial charge < -0.3 is 0 Å². The lowest BCUT2D eigenvalue weighted by Gasteiger charge is -1.97. The van der Waals surface area contributed by atoms with Gasteiger partial charge in [0, 0.05) is 18.2 Å². The Morgan fingerprint density at radius 1 is 1.46 bits per heavy atom. The first-order valence-electron chi connectivity index (χ1n) is 4.03. The molecule has 0 radical (unpaired) electrons. The number of carbonyl (C=O) groups is 2. The highest BCUT2D eigenvalue weighted by atomic mass is 32.1. The van der Waals surface area contributed by atoms with E-state index in [9.17, 15) is 9.59 Å². The van der Waals surface area contributed by atoms with Crippen molar-refractivity contribution in [2.24, 2.45) is 5.92 Å². The first-order valence-corrected chi connectivity index (χ1v) is 4.91. The molecule has 0 aliphatic heterocycles. The maximum absolute atomic E-state index is 11.4. The summed E-state index contributed by atoms with van der Waals surface area (Å²) in [6.07, 6.45) is 0. The van der Waals surface area contributed by atoms with Crippen LogP contribution < -0.4 is 0 Å². The number of carbonyl (C=O) groups excluding carboxylic acids is 2. The first kappa shape index (κ1) is 10.1. The zero-order valence-electron chi connectivity index (χ0n) is 7.83. The summed E-state index contributed by atoms with van der Waals surface area (Å²) in [5.74, 6) is -0.164. The van der Waals surface area contributed by atoms with Crippen LogP contribution in [0, 0.1) is 5.92 Å². The SMILES string of the molecule is CC(=O)c1csc(C(=O)C(C)C)n1. The molecule has 1 heterocycles. The van der Waals surface area contributed by atoms with Crippen LogP contribution in [0.5, 0.6) is 0 Å². The molecule has 0 aromatic carbocycles. The fourth-order valence-electron chi connectivity index (χ4n) is 0.796. The summed E-state index contributed by atoms with van der Waals surface area (Å²) in [5.41, 5.74) is 0.383. The Balaban J connectivity index is 2.92. The van der Waals surface area contributed by atoms with Crippen molar-refractivity contribution in [3.63, 3.8) is 0 Å². The Bertz CT molecular complexity index is 341. The Morgan fingerprint density at radius 2 is 2.08 bits per heavy atom. The van der Waals surface area contributed by atoms with Gasteiger partial charge in [-0.15, -0.1) is 11.3 Å². The van der Waals surface area contributed by atoms with Crippen LogP contribution in [0.3, 0.4) is 0 Å². The number of nitrogens with zero attached hydrogens (tertiary/aromatic N) is 1. The van der Waals surface area contributed by atoms with Crippen molar-refractivity contribution in [3.05, 3.63) is 16.1 Å². The molecule has 0 amide bonds. The molecule has 0 saturated carbocycles. The summed E-state index contributed by atoms with van der Waals surface area (Å²) in [6, 6.07) is 0. The van der Waals surface area contributed by atoms with E-state index in [1.54, 1.807) is 5.38 Å². The smallest absolute Gasteiger partial charge is 0.193 e. The summed E-state index contributed by atoms with van der Waals surface area (Å²) < 4.78 is 0. The van der Waals surface area contributed by atoms with E-state index < -0.39 is 0 Å². The van der Waals surface area contributed by atoms with Crippen LogP contribution >= 0.6 is 11.3 Å². The quantitative estimate of drug-likeness (QED) is 0.698. The van der Waals surface area contributed by atoms with Crippen LogP contribution in [0.25, 0.3) is 0 Å². The van der Waals surface area contributed by atoms with Crippen molar-refractivity contribution in [3.8, 4) is 0 Å². The van der Waals surface area contributed by atoms with Gasteiger partial charge in [0.2, 0.25) is 0 Å². The van der Waals surface area contributed by atoms with Crippen LogP contribution in [-0.4, -0.2) is 16.6 Å². The molecule has 0 aliphatic carbocycles. The topological polar surface area (TPSA) is 47.0 Å². The second-order valence-corrected chi connectivity index (χ2v) is 3.97. The van der Waals surface area contributed by atoms with Crippen LogP contribution in [0.4, 0.5) is 0 Å². The molecule has 3 nitrogen and oxygen atoms in total. The Labute approximate surface area is 80.8 Å². The zero-order chi connectivity index (χ0) is 10.0. The van der Waals surface area contributed by atoms with E-state index >= 15 is 0 Å². The highest BCUT2D eigenvalue weighted by Gasteiger charge is 2.15. The minimum absolute atomic E-state index is 0.00231. The minimum Gasteiger partial charge on any atom is -0.293 e. The van der Waals surface area contributed by atoms with Crippen molar-refractivity contribution in [1.29, 1.82) is 0 Å². The van der Waals surface area contributed by atoms with E-state index in [-0.39, 0.29) is 17.5 Å². The van der Waals surface area contributed by atoms with E-state index in [2.05, 4.69) is 4.98 Å². The Morgan fingerprint density at radius 3 is 2.46 bits per heavy atom. The van der Waals surface area contributed by atoms with E-state index in [0.29, 0.717) is 10.7 Å². The number of Topliss-reactive ketones (excluding diaryl/α,β-unsaturated/α-hetero) is 2. The van der Waals surface area contributed by atoms with Gasteiger partial charge in [0.05, 0.1) is 0 Å². The molecule has 1 aromatic rings. The first-order chi connectivity index (χ1) is 6.02. The Kier molecular flexibility index (Phi) is 2.93. The van der Waals surface area contributed by atoms with Crippen LogP contribution in [-0.2, 0) is 0 Å². The molecule has 0 saturated heterocycles. The number of hydrogen-bond acceptors (Lipinski definition) is 4. The predicted molar refractivity (Wildman–Crippen MR) is 51.3 cm³/mol. The molecule has 0 fully saturated rings. The number of thiazole rings is 1. The molecule has 0 bridgehead atoms. The highest BCUT2D eigenvalue weighted by molar-refractivity contribution is 7.12. The van der Waals surface area contributed by atoms with Crippen molar-refractivity contribution < 1.29 is 9.59 Å². The number of aromatic nitrogens is 1. The van der Waals surface area contributed by atoms with Gasteiger partial charge in [-0.1, -0.05) is 13.8 Å². The molecule has 1 rings (SSSR count). The monoisotopic (exact) mass is 197 g/mol. The second kappa shape index (κ2) is 3.79. The molecule has 0 N–H and O–H groups in total. The lowest BCUT2D eigenvalue weighted by Crippen LogP contribution is -2.07. The highest BCUT2D eigenvalue weighted by Crippen LogP contribution is 2.14. The van der Waals surface area contributed by atoms with Gasteiger partial charge in [-0.05, 0) is 0 Å². The average molecular weight is 197 g/mol. The molecule has 1 aromatic heterocycles. The van der Waals surface area contributed by atoms with Crippen molar-refractivity contribution in [2.75, 3.05) is 0 Å². The lowest BCUT2D eigenvalue weighted by atomic mass is 10.1. The summed E-state index contributed by atoms with van der Waals surface area (Å²) in [4.78, 5) is 26.3. The van der Waals surface area contributed by atoms with E-state index in [4.69, 9.17) is 0 Å². The van der Waals surface area contributed by atoms with E-state index in [0.717, 1.165) is 0 Å². The van der Waals surface area contributed by atoms with Gasteiger partial charge in [-0.25, -0.2) is 4.98 Å². The molecule has 13 heavy (non-hydrogen) atoms. The third-order valence-electron chi connectivity index (χ3n) is 1.60. The molecular formula is C9H11NO2S. The van der Waals surface area contributed by atoms with Gasteiger partial charge in [-0.2, -0.15) is 0 Å². The summed E-state index contributed by atoms with van der Waals surface area (Å²) in [6.45, 7) is 5.08. The van der Waals surface area contributed by atoms with Gasteiger partial charge in [0.1, 0.15) is 5.69 Å². The predicted octanol–water partition coefficient (Wildman–Crippen LogP) is 2.18. The van der Waals surface area contributed by atoms with Crippen LogP contribution in [0.2, 0.25) is 0 Å². The molecular weight excluding hydrogens is 186 g/mol. The van der Waals surface area contributed by atoms with Gasteiger partial charge in [-0.3, -0.25) is 9.59 Å². The molecule has 0 unspecified atom stereocenters. The number of ketones is 2.